The van der Waals surface area contributed by atoms with Crippen molar-refractivity contribution >= 4 is 10.0 Å². The van der Waals surface area contributed by atoms with E-state index >= 15 is 0 Å². The summed E-state index contributed by atoms with van der Waals surface area (Å²) in [5.41, 5.74) is 6.10. The molecular weight excluding hydrogens is 290 g/mol. The van der Waals surface area contributed by atoms with E-state index in [9.17, 15) is 8.42 Å². The summed E-state index contributed by atoms with van der Waals surface area (Å²) in [6.07, 6.45) is 2.90. The van der Waals surface area contributed by atoms with E-state index in [1.54, 1.807) is 12.3 Å². The molecule has 112 valence electrons. The molecule has 2 atom stereocenters. The lowest BCUT2D eigenvalue weighted by molar-refractivity contribution is 0.428. The van der Waals surface area contributed by atoms with Crippen LogP contribution in [0.2, 0.25) is 0 Å². The SMILES string of the molecule is Cc1ccc([C@H]2CN(S(=O)(=O)c3cccnc3)C[C@@H]2N)o1. The molecule has 2 aromatic rings. The van der Waals surface area contributed by atoms with Crippen molar-refractivity contribution in [2.75, 3.05) is 13.1 Å². The quantitative estimate of drug-likeness (QED) is 0.917. The summed E-state index contributed by atoms with van der Waals surface area (Å²) in [6.45, 7) is 2.46. The van der Waals surface area contributed by atoms with Gasteiger partial charge in [0, 0.05) is 37.4 Å². The third-order valence-electron chi connectivity index (χ3n) is 3.73. The van der Waals surface area contributed by atoms with Gasteiger partial charge in [-0.2, -0.15) is 4.31 Å². The van der Waals surface area contributed by atoms with Crippen molar-refractivity contribution in [2.24, 2.45) is 5.73 Å². The topological polar surface area (TPSA) is 89.4 Å². The van der Waals surface area contributed by atoms with Crippen LogP contribution in [-0.4, -0.2) is 36.8 Å². The van der Waals surface area contributed by atoms with Gasteiger partial charge in [-0.3, -0.25) is 4.98 Å². The minimum atomic E-state index is -3.56. The molecule has 0 saturated carbocycles. The van der Waals surface area contributed by atoms with E-state index in [1.165, 1.54) is 16.6 Å². The van der Waals surface area contributed by atoms with E-state index in [0.717, 1.165) is 11.5 Å². The summed E-state index contributed by atoms with van der Waals surface area (Å²) in [5.74, 6) is 1.42. The number of nitrogens with zero attached hydrogens (tertiary/aromatic N) is 2. The summed E-state index contributed by atoms with van der Waals surface area (Å²) in [6, 6.07) is 6.59. The monoisotopic (exact) mass is 307 g/mol. The Labute approximate surface area is 123 Å². The van der Waals surface area contributed by atoms with Crippen molar-refractivity contribution in [1.82, 2.24) is 9.29 Å². The van der Waals surface area contributed by atoms with Gasteiger partial charge in [0.25, 0.3) is 0 Å². The van der Waals surface area contributed by atoms with Crippen molar-refractivity contribution in [1.29, 1.82) is 0 Å². The van der Waals surface area contributed by atoms with E-state index in [4.69, 9.17) is 10.2 Å². The molecule has 3 heterocycles. The van der Waals surface area contributed by atoms with Crippen molar-refractivity contribution in [2.45, 2.75) is 23.8 Å². The molecule has 21 heavy (non-hydrogen) atoms. The van der Waals surface area contributed by atoms with Gasteiger partial charge in [0.1, 0.15) is 16.4 Å². The second-order valence-corrected chi connectivity index (χ2v) is 7.17. The van der Waals surface area contributed by atoms with Gasteiger partial charge in [-0.05, 0) is 31.2 Å². The maximum Gasteiger partial charge on any atom is 0.244 e. The molecule has 1 aliphatic heterocycles. The number of pyridine rings is 1. The molecule has 2 aromatic heterocycles. The second-order valence-electron chi connectivity index (χ2n) is 5.23. The molecule has 7 heteroatoms. The normalized spacial score (nSPS) is 23.5. The van der Waals surface area contributed by atoms with Gasteiger partial charge in [-0.15, -0.1) is 0 Å². The highest BCUT2D eigenvalue weighted by atomic mass is 32.2. The van der Waals surface area contributed by atoms with E-state index in [0.29, 0.717) is 6.54 Å². The number of hydrogen-bond donors (Lipinski definition) is 1. The molecular formula is C14H17N3O3S. The fourth-order valence-electron chi connectivity index (χ4n) is 2.59. The predicted octanol–water partition coefficient (Wildman–Crippen LogP) is 1.10. The minimum Gasteiger partial charge on any atom is -0.466 e. The van der Waals surface area contributed by atoms with Crippen LogP contribution in [0, 0.1) is 6.92 Å². The Balaban J connectivity index is 1.86. The molecule has 0 radical (unpaired) electrons. The second kappa shape index (κ2) is 5.25. The van der Waals surface area contributed by atoms with Crippen LogP contribution in [0.15, 0.2) is 46.0 Å². The molecule has 0 amide bonds. The molecule has 1 fully saturated rings. The zero-order valence-electron chi connectivity index (χ0n) is 11.6. The van der Waals surface area contributed by atoms with Crippen LogP contribution < -0.4 is 5.73 Å². The van der Waals surface area contributed by atoms with Crippen LogP contribution >= 0.6 is 0 Å². The van der Waals surface area contributed by atoms with E-state index < -0.39 is 10.0 Å². The summed E-state index contributed by atoms with van der Waals surface area (Å²) in [5, 5.41) is 0. The average molecular weight is 307 g/mol. The number of furan rings is 1. The standard InChI is InChI=1S/C14H17N3O3S/c1-10-4-5-14(20-10)12-8-17(9-13(12)15)21(18,19)11-3-2-6-16-7-11/h2-7,12-13H,8-9,15H2,1H3/t12-,13-/m0/s1. The molecule has 1 saturated heterocycles. The van der Waals surface area contributed by atoms with Crippen LogP contribution in [0.4, 0.5) is 0 Å². The molecule has 6 nitrogen and oxygen atoms in total. The first-order valence-corrected chi connectivity index (χ1v) is 8.14. The number of aromatic nitrogens is 1. The molecule has 0 spiro atoms. The maximum absolute atomic E-state index is 12.6. The number of hydrogen-bond acceptors (Lipinski definition) is 5. The first-order chi connectivity index (χ1) is 9.98. The van der Waals surface area contributed by atoms with Gasteiger partial charge < -0.3 is 10.2 Å². The first kappa shape index (κ1) is 14.2. The number of rotatable bonds is 3. The summed E-state index contributed by atoms with van der Waals surface area (Å²) in [4.78, 5) is 4.05. The molecule has 0 aliphatic carbocycles. The predicted molar refractivity (Wildman–Crippen MR) is 77.2 cm³/mol. The number of sulfonamides is 1. The lowest BCUT2D eigenvalue weighted by Gasteiger charge is -2.15. The summed E-state index contributed by atoms with van der Waals surface area (Å²) in [7, 11) is -3.56. The van der Waals surface area contributed by atoms with Crippen molar-refractivity contribution in [3.8, 4) is 0 Å². The maximum atomic E-state index is 12.6. The highest BCUT2D eigenvalue weighted by Crippen LogP contribution is 2.31. The van der Waals surface area contributed by atoms with Crippen molar-refractivity contribution in [3.63, 3.8) is 0 Å². The highest BCUT2D eigenvalue weighted by Gasteiger charge is 2.39. The Bertz CT molecular complexity index is 727. The fourth-order valence-corrected chi connectivity index (χ4v) is 4.06. The van der Waals surface area contributed by atoms with Crippen LogP contribution in [0.5, 0.6) is 0 Å². The Hall–Kier alpha value is -1.70. The van der Waals surface area contributed by atoms with Gasteiger partial charge in [-0.1, -0.05) is 0 Å². The van der Waals surface area contributed by atoms with Gasteiger partial charge >= 0.3 is 0 Å². The molecule has 3 rings (SSSR count). The lowest BCUT2D eigenvalue weighted by atomic mass is 10.0. The largest absolute Gasteiger partial charge is 0.466 e. The molecule has 0 bridgehead atoms. The van der Waals surface area contributed by atoms with Gasteiger partial charge in [0.15, 0.2) is 0 Å². The fraction of sp³-hybridized carbons (Fsp3) is 0.357. The van der Waals surface area contributed by atoms with E-state index in [2.05, 4.69) is 4.98 Å². The number of aryl methyl sites for hydroxylation is 1. The average Bonchev–Trinajstić information content (AvgIpc) is 3.06. The van der Waals surface area contributed by atoms with Crippen LogP contribution in [0.1, 0.15) is 17.4 Å². The third kappa shape index (κ3) is 2.59. The highest BCUT2D eigenvalue weighted by molar-refractivity contribution is 7.89. The zero-order valence-corrected chi connectivity index (χ0v) is 12.5. The van der Waals surface area contributed by atoms with E-state index in [-0.39, 0.29) is 23.4 Å². The van der Waals surface area contributed by atoms with E-state index in [1.807, 2.05) is 19.1 Å². The molecule has 0 unspecified atom stereocenters. The molecule has 2 N–H and O–H groups in total. The Morgan fingerprint density at radius 2 is 2.14 bits per heavy atom. The Kier molecular flexibility index (Phi) is 3.56. The lowest BCUT2D eigenvalue weighted by Crippen LogP contribution is -2.32. The Morgan fingerprint density at radius 3 is 2.76 bits per heavy atom. The van der Waals surface area contributed by atoms with Crippen LogP contribution in [0.3, 0.4) is 0 Å². The first-order valence-electron chi connectivity index (χ1n) is 6.70. The van der Waals surface area contributed by atoms with Gasteiger partial charge in [-0.25, -0.2) is 8.42 Å². The van der Waals surface area contributed by atoms with Gasteiger partial charge in [0.05, 0.1) is 0 Å². The third-order valence-corrected chi connectivity index (χ3v) is 5.55. The zero-order chi connectivity index (χ0) is 15.0. The number of nitrogens with two attached hydrogens (primary N) is 1. The molecule has 0 aromatic carbocycles. The molecule has 1 aliphatic rings. The summed E-state index contributed by atoms with van der Waals surface area (Å²) < 4.78 is 32.1. The van der Waals surface area contributed by atoms with Crippen molar-refractivity contribution in [3.05, 3.63) is 48.2 Å². The smallest absolute Gasteiger partial charge is 0.244 e. The minimum absolute atomic E-state index is 0.120. The summed E-state index contributed by atoms with van der Waals surface area (Å²) >= 11 is 0. The van der Waals surface area contributed by atoms with Gasteiger partial charge in [0.2, 0.25) is 10.0 Å². The van der Waals surface area contributed by atoms with Crippen LogP contribution in [0.25, 0.3) is 0 Å². The van der Waals surface area contributed by atoms with Crippen LogP contribution in [-0.2, 0) is 10.0 Å². The van der Waals surface area contributed by atoms with Crippen molar-refractivity contribution < 1.29 is 12.8 Å². The Morgan fingerprint density at radius 1 is 1.33 bits per heavy atom.